The first-order valence-corrected chi connectivity index (χ1v) is 17.1. The Morgan fingerprint density at radius 1 is 0.980 bits per heavy atom. The van der Waals surface area contributed by atoms with Crippen LogP contribution in [0.5, 0.6) is 5.75 Å². The summed E-state index contributed by atoms with van der Waals surface area (Å²) in [5, 5.41) is 4.23. The number of benzene rings is 3. The maximum absolute atomic E-state index is 14.7. The van der Waals surface area contributed by atoms with Crippen LogP contribution in [0.2, 0.25) is 5.02 Å². The summed E-state index contributed by atoms with van der Waals surface area (Å²) in [7, 11) is 0. The van der Waals surface area contributed by atoms with Crippen molar-refractivity contribution in [2.75, 3.05) is 19.7 Å². The number of carbonyl (C=O) groups excluding carboxylic acids is 2. The van der Waals surface area contributed by atoms with Gasteiger partial charge in [0.05, 0.1) is 12.6 Å². The molecule has 2 bridgehead atoms. The number of halogens is 4. The topological polar surface area (TPSA) is 71.1 Å². The molecule has 260 valence electrons. The molecule has 3 aliphatic rings. The summed E-state index contributed by atoms with van der Waals surface area (Å²) in [5.41, 5.74) is 3.72. The summed E-state index contributed by atoms with van der Waals surface area (Å²) in [6.07, 6.45) is 2.99. The fourth-order valence-corrected chi connectivity index (χ4v) is 6.72. The van der Waals surface area contributed by atoms with Crippen molar-refractivity contribution in [1.29, 1.82) is 0 Å². The van der Waals surface area contributed by atoms with E-state index in [0.717, 1.165) is 47.2 Å². The lowest BCUT2D eigenvalue weighted by molar-refractivity contribution is -0.129. The molecule has 0 unspecified atom stereocenters. The van der Waals surface area contributed by atoms with E-state index in [4.69, 9.17) is 21.1 Å². The first kappa shape index (κ1) is 34.8. The number of ether oxygens (including phenoxy) is 2. The van der Waals surface area contributed by atoms with Crippen LogP contribution in [0.3, 0.4) is 0 Å². The molecule has 7 nitrogen and oxygen atoms in total. The zero-order valence-electron chi connectivity index (χ0n) is 27.9. The summed E-state index contributed by atoms with van der Waals surface area (Å²) in [6, 6.07) is 16.7. The molecule has 2 fully saturated rings. The largest absolute Gasteiger partial charge is 0.488 e. The molecule has 2 aliphatic heterocycles. The van der Waals surface area contributed by atoms with E-state index in [1.807, 2.05) is 74.2 Å². The van der Waals surface area contributed by atoms with E-state index in [2.05, 4.69) is 5.32 Å². The Morgan fingerprint density at radius 2 is 1.69 bits per heavy atom. The van der Waals surface area contributed by atoms with Gasteiger partial charge in [0.25, 0.3) is 5.91 Å². The average Bonchev–Trinajstić information content (AvgIpc) is 3.90. The van der Waals surface area contributed by atoms with E-state index in [0.29, 0.717) is 49.5 Å². The fraction of sp³-hybridized carbons (Fsp3) is 0.421. The van der Waals surface area contributed by atoms with E-state index in [9.17, 15) is 22.8 Å². The minimum Gasteiger partial charge on any atom is -0.488 e. The number of fused-ring (bicyclic) bond motifs is 2. The Hall–Kier alpha value is -4.02. The number of hydrogen-bond acceptors (Lipinski definition) is 5. The quantitative estimate of drug-likeness (QED) is 0.174. The highest BCUT2D eigenvalue weighted by atomic mass is 35.5. The molecule has 1 saturated heterocycles. The lowest BCUT2D eigenvalue weighted by Crippen LogP contribution is -2.62. The number of nitrogens with one attached hydrogen (secondary N) is 1. The smallest absolute Gasteiger partial charge is 0.410 e. The van der Waals surface area contributed by atoms with Crippen molar-refractivity contribution >= 4 is 29.2 Å². The van der Waals surface area contributed by atoms with Gasteiger partial charge in [-0.25, -0.2) is 13.6 Å². The Bertz CT molecular complexity index is 1740. The van der Waals surface area contributed by atoms with Gasteiger partial charge in [0.1, 0.15) is 5.60 Å². The van der Waals surface area contributed by atoms with Gasteiger partial charge in [0, 0.05) is 42.3 Å². The van der Waals surface area contributed by atoms with Crippen molar-refractivity contribution in [1.82, 2.24) is 15.1 Å². The third-order valence-corrected chi connectivity index (χ3v) is 9.36. The number of amides is 2. The molecule has 2 amide bonds. The van der Waals surface area contributed by atoms with Crippen molar-refractivity contribution in [3.8, 4) is 5.75 Å². The van der Waals surface area contributed by atoms with E-state index < -0.39 is 40.9 Å². The van der Waals surface area contributed by atoms with Crippen LogP contribution in [0.1, 0.15) is 63.1 Å². The van der Waals surface area contributed by atoms with Crippen molar-refractivity contribution in [3.05, 3.63) is 105 Å². The molecule has 11 heteroatoms. The molecule has 1 aliphatic carbocycles. The molecule has 3 aromatic rings. The number of carbonyl (C=O) groups is 2. The van der Waals surface area contributed by atoms with Crippen LogP contribution < -0.4 is 10.1 Å². The van der Waals surface area contributed by atoms with Crippen molar-refractivity contribution in [2.45, 2.75) is 83.1 Å². The van der Waals surface area contributed by atoms with Crippen molar-refractivity contribution < 1.29 is 32.2 Å². The fourth-order valence-electron chi connectivity index (χ4n) is 6.52. The zero-order valence-corrected chi connectivity index (χ0v) is 28.7. The highest BCUT2D eigenvalue weighted by Gasteiger charge is 2.44. The summed E-state index contributed by atoms with van der Waals surface area (Å²) in [6.45, 7) is 6.65. The minimum absolute atomic E-state index is 0.00839. The molecule has 0 spiro atoms. The van der Waals surface area contributed by atoms with E-state index in [1.165, 1.54) is 0 Å². The van der Waals surface area contributed by atoms with Crippen LogP contribution in [-0.4, -0.2) is 65.2 Å². The molecule has 0 radical (unpaired) electrons. The highest BCUT2D eigenvalue weighted by Crippen LogP contribution is 2.38. The van der Waals surface area contributed by atoms with Gasteiger partial charge in [-0.15, -0.1) is 0 Å². The second kappa shape index (κ2) is 14.5. The lowest BCUT2D eigenvalue weighted by Gasteiger charge is -2.45. The van der Waals surface area contributed by atoms with Gasteiger partial charge in [-0.3, -0.25) is 4.79 Å². The van der Waals surface area contributed by atoms with Crippen molar-refractivity contribution in [3.63, 3.8) is 0 Å². The van der Waals surface area contributed by atoms with Crippen molar-refractivity contribution in [2.24, 2.45) is 0 Å². The van der Waals surface area contributed by atoms with Gasteiger partial charge in [0.15, 0.2) is 17.4 Å². The monoisotopic (exact) mass is 695 g/mol. The maximum Gasteiger partial charge on any atom is 0.410 e. The minimum atomic E-state index is -1.34. The Morgan fingerprint density at radius 3 is 2.39 bits per heavy atom. The van der Waals surface area contributed by atoms with Gasteiger partial charge in [-0.2, -0.15) is 4.39 Å². The Labute approximate surface area is 290 Å². The lowest BCUT2D eigenvalue weighted by atomic mass is 9.82. The summed E-state index contributed by atoms with van der Waals surface area (Å²) >= 11 is 6.53. The predicted molar refractivity (Wildman–Crippen MR) is 182 cm³/mol. The van der Waals surface area contributed by atoms with Crippen LogP contribution in [0.15, 0.2) is 66.2 Å². The molecule has 3 aromatic carbocycles. The standard InChI is InChI=1S/C38H41ClF3N3O4/c1-38(2,3)49-37(47)44-21-26-19-28(24-12-10-23(11-13-24)7-6-18-48-35-31(41)17-16-30(40)34(35)42)33(32(22-44)43-26)36(46)45(27-14-15-27)20-25-8-4-5-9-29(25)39/h4-5,8-13,16-17,26-27,32,43H,6-7,14-15,18-22H2,1-3H3/t26-,32-/m1/s1. The van der Waals surface area contributed by atoms with Gasteiger partial charge in [-0.1, -0.05) is 54.1 Å². The van der Waals surface area contributed by atoms with Crippen LogP contribution in [0.25, 0.3) is 5.57 Å². The molecular weight excluding hydrogens is 655 g/mol. The third kappa shape index (κ3) is 8.24. The molecule has 1 N–H and O–H groups in total. The maximum atomic E-state index is 14.7. The molecule has 2 atom stereocenters. The molecular formula is C38H41ClF3N3O4. The summed E-state index contributed by atoms with van der Waals surface area (Å²) in [5.74, 6) is -4.23. The second-order valence-electron chi connectivity index (χ2n) is 14.0. The zero-order chi connectivity index (χ0) is 34.9. The van der Waals surface area contributed by atoms with E-state index in [1.54, 1.807) is 4.90 Å². The SMILES string of the molecule is CC(C)(C)OC(=O)N1C[C@H]2CC(c3ccc(CCCOc4c(F)ccc(F)c4F)cc3)=C(C(=O)N(Cc3ccccc3Cl)C3CC3)[C@@H](C1)N2. The van der Waals surface area contributed by atoms with E-state index >= 15 is 0 Å². The van der Waals surface area contributed by atoms with Gasteiger partial charge in [0.2, 0.25) is 5.82 Å². The van der Waals surface area contributed by atoms with Gasteiger partial charge < -0.3 is 24.6 Å². The number of aryl methyl sites for hydroxylation is 1. The normalized spacial score (nSPS) is 19.1. The Kier molecular flexibility index (Phi) is 10.3. The molecule has 6 rings (SSSR count). The average molecular weight is 696 g/mol. The molecule has 49 heavy (non-hydrogen) atoms. The summed E-state index contributed by atoms with van der Waals surface area (Å²) < 4.78 is 52.3. The van der Waals surface area contributed by atoms with Crippen LogP contribution >= 0.6 is 11.6 Å². The third-order valence-electron chi connectivity index (χ3n) is 8.99. The van der Waals surface area contributed by atoms with Gasteiger partial charge in [-0.05, 0) is 93.3 Å². The first-order valence-electron chi connectivity index (χ1n) is 16.7. The van der Waals surface area contributed by atoms with Crippen LogP contribution in [-0.2, 0) is 22.5 Å². The highest BCUT2D eigenvalue weighted by molar-refractivity contribution is 6.31. The Balaban J connectivity index is 1.24. The second-order valence-corrected chi connectivity index (χ2v) is 14.4. The molecule has 0 aromatic heterocycles. The number of rotatable bonds is 10. The van der Waals surface area contributed by atoms with Crippen LogP contribution in [0.4, 0.5) is 18.0 Å². The number of piperazine rings is 1. The first-order chi connectivity index (χ1) is 23.4. The van der Waals surface area contributed by atoms with E-state index in [-0.39, 0.29) is 24.6 Å². The number of hydrogen-bond donors (Lipinski definition) is 1. The van der Waals surface area contributed by atoms with Crippen LogP contribution in [0, 0.1) is 17.5 Å². The predicted octanol–water partition coefficient (Wildman–Crippen LogP) is 7.69. The van der Waals surface area contributed by atoms with Gasteiger partial charge >= 0.3 is 6.09 Å². The molecule has 2 heterocycles. The number of nitrogens with zero attached hydrogens (tertiary/aromatic N) is 2. The molecule has 1 saturated carbocycles. The summed E-state index contributed by atoms with van der Waals surface area (Å²) in [4.78, 5) is 31.5.